The van der Waals surface area contributed by atoms with Crippen molar-refractivity contribution in [2.45, 2.75) is 93.2 Å². The molecule has 0 aliphatic heterocycles. The second-order valence-electron chi connectivity index (χ2n) is 7.91. The van der Waals surface area contributed by atoms with Gasteiger partial charge in [0.1, 0.15) is 6.17 Å². The summed E-state index contributed by atoms with van der Waals surface area (Å²) in [5.74, 6) is 1.34. The van der Waals surface area contributed by atoms with Crippen molar-refractivity contribution in [3.05, 3.63) is 0 Å². The Morgan fingerprint density at radius 3 is 1.65 bits per heavy atom. The third-order valence-electron chi connectivity index (χ3n) is 7.19. The molecule has 0 saturated heterocycles. The topological polar surface area (TPSA) is 0 Å². The highest BCUT2D eigenvalue weighted by molar-refractivity contribution is 4.97. The van der Waals surface area contributed by atoms with E-state index in [0.29, 0.717) is 17.3 Å². The third-order valence-corrected chi connectivity index (χ3v) is 7.19. The molecule has 0 amide bonds. The van der Waals surface area contributed by atoms with Crippen LogP contribution in [0.15, 0.2) is 0 Å². The second-order valence-corrected chi connectivity index (χ2v) is 7.91. The van der Waals surface area contributed by atoms with Gasteiger partial charge < -0.3 is 0 Å². The molecule has 4 unspecified atom stereocenters. The van der Waals surface area contributed by atoms with Crippen molar-refractivity contribution in [1.82, 2.24) is 0 Å². The highest BCUT2D eigenvalue weighted by Crippen LogP contribution is 2.53. The quantitative estimate of drug-likeness (QED) is 0.513. The van der Waals surface area contributed by atoms with E-state index in [1.165, 1.54) is 19.3 Å². The maximum Gasteiger partial charge on any atom is 0.104 e. The van der Waals surface area contributed by atoms with Gasteiger partial charge in [0, 0.05) is 0 Å². The van der Waals surface area contributed by atoms with E-state index < -0.39 is 6.17 Å². The predicted octanol–water partition coefficient (Wildman–Crippen LogP) is 6.64. The van der Waals surface area contributed by atoms with Crippen molar-refractivity contribution < 1.29 is 4.39 Å². The van der Waals surface area contributed by atoms with Gasteiger partial charge in [-0.15, -0.1) is 0 Å². The molecule has 0 bridgehead atoms. The van der Waals surface area contributed by atoms with E-state index in [-0.39, 0.29) is 11.3 Å². The van der Waals surface area contributed by atoms with Gasteiger partial charge in [-0.3, -0.25) is 0 Å². The molecular weight excluding hydrogens is 247 g/mol. The fourth-order valence-corrected chi connectivity index (χ4v) is 4.71. The molecule has 0 spiro atoms. The van der Waals surface area contributed by atoms with Gasteiger partial charge in [-0.05, 0) is 41.4 Å². The first-order valence-electron chi connectivity index (χ1n) is 8.92. The average molecular weight is 285 g/mol. The molecule has 1 fully saturated rings. The molecular formula is C19H37F. The molecule has 0 aromatic carbocycles. The molecule has 1 saturated carbocycles. The van der Waals surface area contributed by atoms with Crippen LogP contribution in [0, 0.1) is 28.6 Å². The number of hydrogen-bond acceptors (Lipinski definition) is 0. The Hall–Kier alpha value is -0.0700. The summed E-state index contributed by atoms with van der Waals surface area (Å²) in [4.78, 5) is 0. The van der Waals surface area contributed by atoms with Crippen molar-refractivity contribution in [1.29, 1.82) is 0 Å². The Labute approximate surface area is 126 Å². The molecule has 1 heteroatoms. The summed E-state index contributed by atoms with van der Waals surface area (Å²) in [5, 5.41) is 0. The fourth-order valence-electron chi connectivity index (χ4n) is 4.71. The largest absolute Gasteiger partial charge is 0.247 e. The van der Waals surface area contributed by atoms with Gasteiger partial charge in [0.05, 0.1) is 0 Å². The van der Waals surface area contributed by atoms with Gasteiger partial charge in [-0.25, -0.2) is 4.39 Å². The molecule has 120 valence electrons. The minimum atomic E-state index is -0.605. The van der Waals surface area contributed by atoms with Crippen molar-refractivity contribution in [2.24, 2.45) is 28.6 Å². The van der Waals surface area contributed by atoms with Crippen LogP contribution >= 0.6 is 0 Å². The Morgan fingerprint density at radius 2 is 1.30 bits per heavy atom. The third kappa shape index (κ3) is 3.22. The SMILES string of the molecule is CCC(C)(CC)C1CC(C)C(C(C)(CC)CC)C(F)C1. The molecule has 0 heterocycles. The van der Waals surface area contributed by atoms with Crippen LogP contribution in [0.1, 0.15) is 87.0 Å². The van der Waals surface area contributed by atoms with E-state index in [1.54, 1.807) is 0 Å². The lowest BCUT2D eigenvalue weighted by molar-refractivity contribution is -0.0457. The summed E-state index contributed by atoms with van der Waals surface area (Å²) >= 11 is 0. The van der Waals surface area contributed by atoms with Gasteiger partial charge in [-0.1, -0.05) is 74.1 Å². The number of rotatable bonds is 6. The van der Waals surface area contributed by atoms with Gasteiger partial charge >= 0.3 is 0 Å². The molecule has 1 aliphatic carbocycles. The van der Waals surface area contributed by atoms with Gasteiger partial charge in [0.2, 0.25) is 0 Å². The Bertz CT molecular complexity index is 276. The lowest BCUT2D eigenvalue weighted by Gasteiger charge is -2.50. The molecule has 0 radical (unpaired) electrons. The van der Waals surface area contributed by atoms with E-state index in [0.717, 1.165) is 19.3 Å². The zero-order valence-electron chi connectivity index (χ0n) is 14.9. The summed E-state index contributed by atoms with van der Waals surface area (Å²) in [6, 6.07) is 0. The van der Waals surface area contributed by atoms with Crippen molar-refractivity contribution >= 4 is 0 Å². The molecule has 0 aromatic heterocycles. The Morgan fingerprint density at radius 1 is 0.850 bits per heavy atom. The molecule has 0 N–H and O–H groups in total. The van der Waals surface area contributed by atoms with Crippen LogP contribution in [0.2, 0.25) is 0 Å². The summed E-state index contributed by atoms with van der Waals surface area (Å²) in [7, 11) is 0. The number of hydrogen-bond donors (Lipinski definition) is 0. The van der Waals surface area contributed by atoms with E-state index in [2.05, 4.69) is 48.5 Å². The van der Waals surface area contributed by atoms with E-state index in [4.69, 9.17) is 0 Å². The standard InChI is InChI=1S/C19H37F/c1-8-18(6,9-2)15-12-14(5)17(16(20)13-15)19(7,10-3)11-4/h14-17H,8-13H2,1-7H3. The van der Waals surface area contributed by atoms with E-state index in [1.807, 2.05) is 0 Å². The van der Waals surface area contributed by atoms with Gasteiger partial charge in [0.25, 0.3) is 0 Å². The molecule has 20 heavy (non-hydrogen) atoms. The second kappa shape index (κ2) is 6.79. The van der Waals surface area contributed by atoms with Crippen LogP contribution in [0.4, 0.5) is 4.39 Å². The highest BCUT2D eigenvalue weighted by atomic mass is 19.1. The summed E-state index contributed by atoms with van der Waals surface area (Å²) in [6.07, 6.45) is 5.96. The maximum atomic E-state index is 15.0. The van der Waals surface area contributed by atoms with Crippen LogP contribution < -0.4 is 0 Å². The highest BCUT2D eigenvalue weighted by Gasteiger charge is 2.47. The maximum absolute atomic E-state index is 15.0. The number of halogens is 1. The Kier molecular flexibility index (Phi) is 6.11. The van der Waals surface area contributed by atoms with Crippen LogP contribution in [0.25, 0.3) is 0 Å². The van der Waals surface area contributed by atoms with Crippen molar-refractivity contribution in [3.63, 3.8) is 0 Å². The van der Waals surface area contributed by atoms with Crippen molar-refractivity contribution in [2.75, 3.05) is 0 Å². The average Bonchev–Trinajstić information content (AvgIpc) is 2.45. The first-order chi connectivity index (χ1) is 9.27. The summed E-state index contributed by atoms with van der Waals surface area (Å²) in [5.41, 5.74) is 0.511. The van der Waals surface area contributed by atoms with Gasteiger partial charge in [0.15, 0.2) is 0 Å². The molecule has 1 aliphatic rings. The smallest absolute Gasteiger partial charge is 0.104 e. The normalized spacial score (nSPS) is 32.4. The molecule has 4 atom stereocenters. The fraction of sp³-hybridized carbons (Fsp3) is 1.00. The lowest BCUT2D eigenvalue weighted by Crippen LogP contribution is -2.46. The minimum absolute atomic E-state index is 0.179. The van der Waals surface area contributed by atoms with Gasteiger partial charge in [-0.2, -0.15) is 0 Å². The van der Waals surface area contributed by atoms with Crippen LogP contribution in [0.5, 0.6) is 0 Å². The molecule has 1 rings (SSSR count). The summed E-state index contributed by atoms with van der Waals surface area (Å²) in [6.45, 7) is 16.0. The van der Waals surface area contributed by atoms with Crippen LogP contribution in [-0.4, -0.2) is 6.17 Å². The van der Waals surface area contributed by atoms with E-state index in [9.17, 15) is 0 Å². The zero-order chi connectivity index (χ0) is 15.6. The first-order valence-corrected chi connectivity index (χ1v) is 8.92. The Balaban J connectivity index is 2.92. The monoisotopic (exact) mass is 284 g/mol. The zero-order valence-corrected chi connectivity index (χ0v) is 14.9. The molecule has 0 nitrogen and oxygen atoms in total. The first kappa shape index (κ1) is 18.0. The molecule has 0 aromatic rings. The summed E-state index contributed by atoms with van der Waals surface area (Å²) < 4.78 is 15.0. The van der Waals surface area contributed by atoms with Crippen LogP contribution in [0.3, 0.4) is 0 Å². The predicted molar refractivity (Wildman–Crippen MR) is 87.7 cm³/mol. The minimum Gasteiger partial charge on any atom is -0.247 e. The van der Waals surface area contributed by atoms with Crippen molar-refractivity contribution in [3.8, 4) is 0 Å². The van der Waals surface area contributed by atoms with E-state index >= 15 is 4.39 Å². The van der Waals surface area contributed by atoms with Crippen LogP contribution in [-0.2, 0) is 0 Å². The lowest BCUT2D eigenvalue weighted by atomic mass is 9.56. The number of alkyl halides is 1.